The highest BCUT2D eigenvalue weighted by molar-refractivity contribution is 5.93. The lowest BCUT2D eigenvalue weighted by molar-refractivity contribution is -0.153. The summed E-state index contributed by atoms with van der Waals surface area (Å²) in [6, 6.07) is 12.4. The Hall–Kier alpha value is -2.74. The number of nitrogens with zero attached hydrogens (tertiary/aromatic N) is 2. The van der Waals surface area contributed by atoms with E-state index >= 15 is 0 Å². The van der Waals surface area contributed by atoms with Gasteiger partial charge in [-0.05, 0) is 43.2 Å². The van der Waals surface area contributed by atoms with Crippen LogP contribution in [0.25, 0.3) is 0 Å². The zero-order chi connectivity index (χ0) is 21.7. The van der Waals surface area contributed by atoms with Crippen LogP contribution in [0.4, 0.5) is 24.5 Å². The number of anilines is 2. The topological polar surface area (TPSA) is 44.8 Å². The minimum absolute atomic E-state index is 0.00270. The van der Waals surface area contributed by atoms with Crippen molar-refractivity contribution in [1.82, 2.24) is 4.90 Å². The smallest absolute Gasteiger partial charge is 0.422 e. The molecule has 0 radical (unpaired) electrons. The van der Waals surface area contributed by atoms with Crippen LogP contribution in [0.3, 0.4) is 0 Å². The number of carbonyl (C=O) groups excluding carboxylic acids is 1. The van der Waals surface area contributed by atoms with Gasteiger partial charge in [0.2, 0.25) is 5.91 Å². The molecule has 0 unspecified atom stereocenters. The highest BCUT2D eigenvalue weighted by Gasteiger charge is 2.29. The van der Waals surface area contributed by atoms with Crippen LogP contribution in [0.15, 0.2) is 42.5 Å². The summed E-state index contributed by atoms with van der Waals surface area (Å²) in [5.41, 5.74) is 3.97. The summed E-state index contributed by atoms with van der Waals surface area (Å²) in [6.07, 6.45) is -4.44. The molecule has 0 bridgehead atoms. The molecule has 1 fully saturated rings. The van der Waals surface area contributed by atoms with Crippen molar-refractivity contribution in [3.63, 3.8) is 0 Å². The molecule has 1 heterocycles. The van der Waals surface area contributed by atoms with Gasteiger partial charge in [-0.2, -0.15) is 13.2 Å². The van der Waals surface area contributed by atoms with E-state index in [1.807, 2.05) is 4.90 Å². The number of hydrogen-bond donors (Lipinski definition) is 1. The van der Waals surface area contributed by atoms with Crippen LogP contribution in [-0.4, -0.2) is 56.3 Å². The maximum atomic E-state index is 12.4. The Kier molecular flexibility index (Phi) is 6.87. The number of hydrogen-bond acceptors (Lipinski definition) is 4. The Morgan fingerprint density at radius 1 is 1.03 bits per heavy atom. The van der Waals surface area contributed by atoms with E-state index in [9.17, 15) is 18.0 Å². The fourth-order valence-corrected chi connectivity index (χ4v) is 3.47. The van der Waals surface area contributed by atoms with Crippen LogP contribution in [0.5, 0.6) is 5.75 Å². The lowest BCUT2D eigenvalue weighted by atomic mass is 10.1. The third kappa shape index (κ3) is 5.89. The predicted octanol–water partition coefficient (Wildman–Crippen LogP) is 4.01. The molecule has 1 saturated heterocycles. The number of para-hydroxylation sites is 2. The SMILES string of the molecule is Cc1cccc(N2CCN(CC(=O)Nc3ccccc3OCC(F)(F)F)CC2)c1C. The first kappa shape index (κ1) is 22.0. The van der Waals surface area contributed by atoms with Crippen molar-refractivity contribution in [3.05, 3.63) is 53.6 Å². The van der Waals surface area contributed by atoms with Gasteiger partial charge in [-0.15, -0.1) is 0 Å². The first-order chi connectivity index (χ1) is 14.2. The van der Waals surface area contributed by atoms with E-state index < -0.39 is 12.8 Å². The number of benzene rings is 2. The number of piperazine rings is 1. The van der Waals surface area contributed by atoms with Gasteiger partial charge < -0.3 is 15.0 Å². The average molecular weight is 421 g/mol. The maximum Gasteiger partial charge on any atom is 0.422 e. The Bertz CT molecular complexity index is 878. The summed E-state index contributed by atoms with van der Waals surface area (Å²) in [6.45, 7) is 6.05. The minimum atomic E-state index is -4.44. The third-order valence-electron chi connectivity index (χ3n) is 5.21. The number of halogens is 3. The summed E-state index contributed by atoms with van der Waals surface area (Å²) in [4.78, 5) is 16.8. The maximum absolute atomic E-state index is 12.4. The van der Waals surface area contributed by atoms with Crippen LogP contribution in [-0.2, 0) is 4.79 Å². The van der Waals surface area contributed by atoms with Gasteiger partial charge in [0.05, 0.1) is 12.2 Å². The number of amides is 1. The first-order valence-corrected chi connectivity index (χ1v) is 9.85. The summed E-state index contributed by atoms with van der Waals surface area (Å²) in [7, 11) is 0. The molecule has 2 aromatic rings. The van der Waals surface area contributed by atoms with Crippen molar-refractivity contribution >= 4 is 17.3 Å². The minimum Gasteiger partial charge on any atom is -0.482 e. The van der Waals surface area contributed by atoms with E-state index in [-0.39, 0.29) is 23.9 Å². The molecule has 0 saturated carbocycles. The second-order valence-electron chi connectivity index (χ2n) is 7.43. The van der Waals surface area contributed by atoms with Crippen molar-refractivity contribution in [2.24, 2.45) is 0 Å². The molecule has 1 aliphatic rings. The van der Waals surface area contributed by atoms with Gasteiger partial charge in [0.1, 0.15) is 5.75 Å². The molecule has 8 heteroatoms. The first-order valence-electron chi connectivity index (χ1n) is 9.85. The Morgan fingerprint density at radius 2 is 1.73 bits per heavy atom. The molecule has 1 amide bonds. The van der Waals surface area contributed by atoms with Gasteiger partial charge >= 0.3 is 6.18 Å². The number of nitrogens with one attached hydrogen (secondary N) is 1. The molecule has 5 nitrogen and oxygen atoms in total. The van der Waals surface area contributed by atoms with Gasteiger partial charge in [-0.3, -0.25) is 9.69 Å². The fourth-order valence-electron chi connectivity index (χ4n) is 3.47. The number of alkyl halides is 3. The zero-order valence-corrected chi connectivity index (χ0v) is 17.1. The standard InChI is InChI=1S/C22H26F3N3O2/c1-16-6-5-8-19(17(16)2)28-12-10-27(11-13-28)14-21(29)26-18-7-3-4-9-20(18)30-15-22(23,24)25/h3-9H,10-15H2,1-2H3,(H,26,29). The highest BCUT2D eigenvalue weighted by atomic mass is 19.4. The zero-order valence-electron chi connectivity index (χ0n) is 17.1. The molecule has 0 aromatic heterocycles. The van der Waals surface area contributed by atoms with Gasteiger partial charge in [-0.1, -0.05) is 24.3 Å². The van der Waals surface area contributed by atoms with Gasteiger partial charge in [0.15, 0.2) is 6.61 Å². The Balaban J connectivity index is 1.53. The molecule has 0 aliphatic carbocycles. The molecule has 0 spiro atoms. The van der Waals surface area contributed by atoms with Crippen molar-refractivity contribution in [1.29, 1.82) is 0 Å². The van der Waals surface area contributed by atoms with E-state index in [4.69, 9.17) is 4.74 Å². The predicted molar refractivity (Wildman–Crippen MR) is 111 cm³/mol. The van der Waals surface area contributed by atoms with E-state index in [2.05, 4.69) is 42.3 Å². The second kappa shape index (κ2) is 9.38. The van der Waals surface area contributed by atoms with Gasteiger partial charge in [0, 0.05) is 31.9 Å². The van der Waals surface area contributed by atoms with E-state index in [1.165, 1.54) is 28.9 Å². The quantitative estimate of drug-likeness (QED) is 0.766. The molecular weight excluding hydrogens is 395 g/mol. The highest BCUT2D eigenvalue weighted by Crippen LogP contribution is 2.27. The molecule has 30 heavy (non-hydrogen) atoms. The lowest BCUT2D eigenvalue weighted by Crippen LogP contribution is -2.48. The summed E-state index contributed by atoms with van der Waals surface area (Å²) < 4.78 is 42.1. The van der Waals surface area contributed by atoms with Crippen molar-refractivity contribution in [2.75, 3.05) is 49.5 Å². The van der Waals surface area contributed by atoms with Crippen molar-refractivity contribution < 1.29 is 22.7 Å². The fraction of sp³-hybridized carbons (Fsp3) is 0.409. The number of aryl methyl sites for hydroxylation is 1. The van der Waals surface area contributed by atoms with Crippen molar-refractivity contribution in [3.8, 4) is 5.75 Å². The van der Waals surface area contributed by atoms with E-state index in [0.717, 1.165) is 26.2 Å². The van der Waals surface area contributed by atoms with Gasteiger partial charge in [0.25, 0.3) is 0 Å². The molecule has 162 valence electrons. The van der Waals surface area contributed by atoms with Crippen LogP contribution >= 0.6 is 0 Å². The van der Waals surface area contributed by atoms with Crippen LogP contribution < -0.4 is 15.0 Å². The number of ether oxygens (including phenoxy) is 1. The second-order valence-corrected chi connectivity index (χ2v) is 7.43. The van der Waals surface area contributed by atoms with Crippen LogP contribution in [0.1, 0.15) is 11.1 Å². The molecule has 1 aliphatic heterocycles. The largest absolute Gasteiger partial charge is 0.482 e. The van der Waals surface area contributed by atoms with Crippen LogP contribution in [0, 0.1) is 13.8 Å². The average Bonchev–Trinajstić information content (AvgIpc) is 2.69. The molecule has 3 rings (SSSR count). The van der Waals surface area contributed by atoms with E-state index in [1.54, 1.807) is 12.1 Å². The lowest BCUT2D eigenvalue weighted by Gasteiger charge is -2.36. The summed E-state index contributed by atoms with van der Waals surface area (Å²) >= 11 is 0. The summed E-state index contributed by atoms with van der Waals surface area (Å²) in [5, 5.41) is 2.67. The molecular formula is C22H26F3N3O2. The third-order valence-corrected chi connectivity index (χ3v) is 5.21. The van der Waals surface area contributed by atoms with Crippen LogP contribution in [0.2, 0.25) is 0 Å². The van der Waals surface area contributed by atoms with E-state index in [0.29, 0.717) is 0 Å². The Labute approximate surface area is 174 Å². The number of rotatable bonds is 6. The molecule has 1 N–H and O–H groups in total. The Morgan fingerprint density at radius 3 is 2.43 bits per heavy atom. The number of carbonyl (C=O) groups is 1. The molecule has 2 aromatic carbocycles. The molecule has 0 atom stereocenters. The van der Waals surface area contributed by atoms with Gasteiger partial charge in [-0.25, -0.2) is 0 Å². The van der Waals surface area contributed by atoms with Crippen molar-refractivity contribution in [2.45, 2.75) is 20.0 Å². The normalized spacial score (nSPS) is 15.2. The summed E-state index contributed by atoms with van der Waals surface area (Å²) in [5.74, 6) is -0.277. The monoisotopic (exact) mass is 421 g/mol.